The SMILES string of the molecule is FC(F)Oc1cc(Br)c(SC(F)(F)F)c(Br)c1. The number of benzene rings is 1. The summed E-state index contributed by atoms with van der Waals surface area (Å²) in [5, 5.41) is 0. The summed E-state index contributed by atoms with van der Waals surface area (Å²) in [6, 6.07) is 2.09. The summed E-state index contributed by atoms with van der Waals surface area (Å²) in [4.78, 5) is -0.154. The van der Waals surface area contributed by atoms with Gasteiger partial charge < -0.3 is 4.74 Å². The van der Waals surface area contributed by atoms with E-state index in [9.17, 15) is 22.0 Å². The van der Waals surface area contributed by atoms with E-state index in [-0.39, 0.29) is 31.4 Å². The van der Waals surface area contributed by atoms with Crippen LogP contribution in [0, 0.1) is 0 Å². The molecule has 1 aromatic carbocycles. The molecule has 0 heterocycles. The van der Waals surface area contributed by atoms with Gasteiger partial charge in [-0.1, -0.05) is 0 Å². The molecule has 0 aromatic heterocycles. The highest BCUT2D eigenvalue weighted by Gasteiger charge is 2.31. The molecule has 0 N–H and O–H groups in total. The number of rotatable bonds is 3. The van der Waals surface area contributed by atoms with Gasteiger partial charge in [0, 0.05) is 13.8 Å². The van der Waals surface area contributed by atoms with Crippen LogP contribution < -0.4 is 4.74 Å². The third kappa shape index (κ3) is 5.01. The molecule has 0 unspecified atom stereocenters. The van der Waals surface area contributed by atoms with Crippen LogP contribution in [-0.4, -0.2) is 12.1 Å². The topological polar surface area (TPSA) is 9.23 Å². The molecule has 0 aliphatic heterocycles. The lowest BCUT2D eigenvalue weighted by Gasteiger charge is -2.12. The number of alkyl halides is 5. The largest absolute Gasteiger partial charge is 0.446 e. The first-order valence-electron chi connectivity index (χ1n) is 3.88. The molecule has 1 rings (SSSR count). The van der Waals surface area contributed by atoms with Crippen LogP contribution in [0.25, 0.3) is 0 Å². The summed E-state index contributed by atoms with van der Waals surface area (Å²) in [5.41, 5.74) is -4.46. The fraction of sp³-hybridized carbons (Fsp3) is 0.250. The van der Waals surface area contributed by atoms with Gasteiger partial charge in [0.15, 0.2) is 0 Å². The highest BCUT2D eigenvalue weighted by molar-refractivity contribution is 9.11. The minimum Gasteiger partial charge on any atom is -0.435 e. The van der Waals surface area contributed by atoms with Crippen molar-refractivity contribution >= 4 is 43.6 Å². The van der Waals surface area contributed by atoms with Crippen LogP contribution in [0.1, 0.15) is 0 Å². The third-order valence-corrected chi connectivity index (χ3v) is 4.07. The van der Waals surface area contributed by atoms with Crippen LogP contribution in [0.5, 0.6) is 5.75 Å². The fourth-order valence-corrected chi connectivity index (χ4v) is 3.10. The van der Waals surface area contributed by atoms with Gasteiger partial charge in [0.1, 0.15) is 5.75 Å². The Morgan fingerprint density at radius 2 is 1.59 bits per heavy atom. The number of hydrogen-bond acceptors (Lipinski definition) is 2. The van der Waals surface area contributed by atoms with Crippen molar-refractivity contribution in [2.75, 3.05) is 0 Å². The van der Waals surface area contributed by atoms with E-state index in [0.29, 0.717) is 0 Å². The maximum Gasteiger partial charge on any atom is 0.446 e. The fourth-order valence-electron chi connectivity index (χ4n) is 0.921. The summed E-state index contributed by atoms with van der Waals surface area (Å²) >= 11 is 5.37. The van der Waals surface area contributed by atoms with Gasteiger partial charge in [0.2, 0.25) is 0 Å². The Labute approximate surface area is 114 Å². The molecule has 9 heteroatoms. The van der Waals surface area contributed by atoms with E-state index in [2.05, 4.69) is 36.6 Å². The van der Waals surface area contributed by atoms with Gasteiger partial charge in [-0.15, -0.1) is 0 Å². The standard InChI is InChI=1S/C8H3Br2F5OS/c9-4-1-3(16-7(11)12)2-5(10)6(4)17-8(13,14)15/h1-2,7H. The van der Waals surface area contributed by atoms with Crippen LogP contribution in [0.2, 0.25) is 0 Å². The van der Waals surface area contributed by atoms with E-state index in [1.165, 1.54) is 0 Å². The Morgan fingerprint density at radius 1 is 1.12 bits per heavy atom. The Bertz CT molecular complexity index is 386. The van der Waals surface area contributed by atoms with Crippen molar-refractivity contribution < 1.29 is 26.7 Å². The molecule has 0 amide bonds. The molecule has 0 aliphatic carbocycles. The number of ether oxygens (including phenoxy) is 1. The Morgan fingerprint density at radius 3 is 1.94 bits per heavy atom. The second kappa shape index (κ2) is 5.75. The van der Waals surface area contributed by atoms with E-state index in [4.69, 9.17) is 0 Å². The number of hydrogen-bond donors (Lipinski definition) is 0. The molecule has 1 nitrogen and oxygen atoms in total. The first-order valence-corrected chi connectivity index (χ1v) is 6.29. The molecule has 0 bridgehead atoms. The second-order valence-electron chi connectivity index (χ2n) is 2.64. The van der Waals surface area contributed by atoms with Crippen LogP contribution in [-0.2, 0) is 0 Å². The average Bonchev–Trinajstić information content (AvgIpc) is 2.08. The summed E-state index contributed by atoms with van der Waals surface area (Å²) in [6.07, 6.45) is 0. The normalized spacial score (nSPS) is 12.0. The van der Waals surface area contributed by atoms with E-state index in [1.807, 2.05) is 0 Å². The summed E-state index contributed by atoms with van der Waals surface area (Å²) < 4.78 is 64.5. The van der Waals surface area contributed by atoms with Crippen LogP contribution in [0.15, 0.2) is 26.0 Å². The van der Waals surface area contributed by atoms with Gasteiger partial charge in [0.05, 0.1) is 0 Å². The van der Waals surface area contributed by atoms with Gasteiger partial charge in [0.25, 0.3) is 0 Å². The molecular formula is C8H3Br2F5OS. The molecule has 0 atom stereocenters. The summed E-state index contributed by atoms with van der Waals surface area (Å²) in [5.74, 6) is -0.231. The molecule has 17 heavy (non-hydrogen) atoms. The van der Waals surface area contributed by atoms with Crippen molar-refractivity contribution in [2.45, 2.75) is 17.0 Å². The van der Waals surface area contributed by atoms with Crippen molar-refractivity contribution in [3.63, 3.8) is 0 Å². The van der Waals surface area contributed by atoms with E-state index in [0.717, 1.165) is 12.1 Å². The Kier molecular flexibility index (Phi) is 5.08. The molecule has 0 aliphatic rings. The quantitative estimate of drug-likeness (QED) is 0.493. The average molecular weight is 402 g/mol. The molecule has 0 spiro atoms. The van der Waals surface area contributed by atoms with Crippen LogP contribution in [0.4, 0.5) is 22.0 Å². The molecule has 1 aromatic rings. The smallest absolute Gasteiger partial charge is 0.435 e. The first-order chi connectivity index (χ1) is 7.69. The zero-order chi connectivity index (χ0) is 13.2. The molecule has 0 saturated carbocycles. The maximum absolute atomic E-state index is 12.2. The van der Waals surface area contributed by atoms with Crippen LogP contribution >= 0.6 is 43.6 Å². The Hall–Kier alpha value is -0.0200. The molecule has 0 saturated heterocycles. The minimum atomic E-state index is -4.46. The summed E-state index contributed by atoms with van der Waals surface area (Å²) in [7, 11) is 0. The summed E-state index contributed by atoms with van der Waals surface area (Å²) in [6.45, 7) is -3.03. The van der Waals surface area contributed by atoms with Gasteiger partial charge in [-0.3, -0.25) is 0 Å². The molecule has 96 valence electrons. The first kappa shape index (κ1) is 15.0. The lowest BCUT2D eigenvalue weighted by Crippen LogP contribution is -2.03. The van der Waals surface area contributed by atoms with Gasteiger partial charge >= 0.3 is 12.1 Å². The van der Waals surface area contributed by atoms with Crippen molar-refractivity contribution in [1.82, 2.24) is 0 Å². The van der Waals surface area contributed by atoms with Crippen LogP contribution in [0.3, 0.4) is 0 Å². The van der Waals surface area contributed by atoms with Gasteiger partial charge in [-0.2, -0.15) is 22.0 Å². The van der Waals surface area contributed by atoms with Crippen molar-refractivity contribution in [3.8, 4) is 5.75 Å². The zero-order valence-electron chi connectivity index (χ0n) is 7.69. The highest BCUT2D eigenvalue weighted by atomic mass is 79.9. The number of halogens is 7. The highest BCUT2D eigenvalue weighted by Crippen LogP contribution is 2.45. The maximum atomic E-state index is 12.2. The predicted molar refractivity (Wildman–Crippen MR) is 60.4 cm³/mol. The minimum absolute atomic E-state index is 0.0184. The number of thioether (sulfide) groups is 1. The third-order valence-electron chi connectivity index (χ3n) is 1.41. The monoisotopic (exact) mass is 400 g/mol. The van der Waals surface area contributed by atoms with E-state index < -0.39 is 12.1 Å². The zero-order valence-corrected chi connectivity index (χ0v) is 11.7. The van der Waals surface area contributed by atoms with E-state index >= 15 is 0 Å². The molecule has 0 fully saturated rings. The lowest BCUT2D eigenvalue weighted by atomic mass is 10.3. The molecule has 0 radical (unpaired) electrons. The lowest BCUT2D eigenvalue weighted by molar-refractivity contribution is -0.0500. The molecular weight excluding hydrogens is 399 g/mol. The van der Waals surface area contributed by atoms with Crippen molar-refractivity contribution in [2.24, 2.45) is 0 Å². The van der Waals surface area contributed by atoms with Gasteiger partial charge in [-0.05, 0) is 55.8 Å². The van der Waals surface area contributed by atoms with Crippen molar-refractivity contribution in [3.05, 3.63) is 21.1 Å². The van der Waals surface area contributed by atoms with Gasteiger partial charge in [-0.25, -0.2) is 0 Å². The predicted octanol–water partition coefficient (Wildman–Crippen LogP) is 5.42. The Balaban J connectivity index is 3.02. The van der Waals surface area contributed by atoms with Crippen molar-refractivity contribution in [1.29, 1.82) is 0 Å². The second-order valence-corrected chi connectivity index (χ2v) is 5.43. The van der Waals surface area contributed by atoms with E-state index in [1.54, 1.807) is 0 Å².